The smallest absolute Gasteiger partial charge is 0.129 e. The SMILES string of the molecule is Cc1ccc(F)c(C2(O)CC3CCC(C2)O3)c1. The first-order chi connectivity index (χ1) is 8.07. The first-order valence-corrected chi connectivity index (χ1v) is 6.21. The molecule has 2 nitrogen and oxygen atoms in total. The summed E-state index contributed by atoms with van der Waals surface area (Å²) in [7, 11) is 0. The Kier molecular flexibility index (Phi) is 2.49. The minimum atomic E-state index is -1.04. The van der Waals surface area contributed by atoms with Crippen LogP contribution in [0.3, 0.4) is 0 Å². The Morgan fingerprint density at radius 3 is 2.59 bits per heavy atom. The van der Waals surface area contributed by atoms with Crippen molar-refractivity contribution in [3.8, 4) is 0 Å². The Hall–Kier alpha value is -0.930. The van der Waals surface area contributed by atoms with Gasteiger partial charge in [0.15, 0.2) is 0 Å². The summed E-state index contributed by atoms with van der Waals surface area (Å²) in [6, 6.07) is 4.94. The van der Waals surface area contributed by atoms with Gasteiger partial charge in [0.05, 0.1) is 17.8 Å². The van der Waals surface area contributed by atoms with Crippen LogP contribution in [0.4, 0.5) is 4.39 Å². The Balaban J connectivity index is 1.99. The number of rotatable bonds is 1. The molecule has 2 heterocycles. The number of aryl methyl sites for hydroxylation is 1. The molecule has 1 N–H and O–H groups in total. The third-order valence-corrected chi connectivity index (χ3v) is 3.95. The van der Waals surface area contributed by atoms with Gasteiger partial charge in [0.2, 0.25) is 0 Å². The van der Waals surface area contributed by atoms with Crippen LogP contribution in [0.15, 0.2) is 18.2 Å². The van der Waals surface area contributed by atoms with Crippen LogP contribution in [-0.4, -0.2) is 17.3 Å². The molecule has 2 saturated heterocycles. The Morgan fingerprint density at radius 2 is 1.94 bits per heavy atom. The standard InChI is InChI=1S/C14H17FO2/c1-9-2-5-13(15)12(6-9)14(16)7-10-3-4-11(8-14)17-10/h2,5-6,10-11,16H,3-4,7-8H2,1H3. The fourth-order valence-electron chi connectivity index (χ4n) is 3.13. The lowest BCUT2D eigenvalue weighted by molar-refractivity contribution is -0.116. The van der Waals surface area contributed by atoms with Crippen molar-refractivity contribution in [1.29, 1.82) is 0 Å². The lowest BCUT2D eigenvalue weighted by Gasteiger charge is -2.37. The normalized spacial score (nSPS) is 36.2. The molecule has 0 radical (unpaired) electrons. The summed E-state index contributed by atoms with van der Waals surface area (Å²) in [5, 5.41) is 10.7. The van der Waals surface area contributed by atoms with Gasteiger partial charge >= 0.3 is 0 Å². The van der Waals surface area contributed by atoms with Gasteiger partial charge in [0.1, 0.15) is 5.82 Å². The molecule has 0 spiro atoms. The fraction of sp³-hybridized carbons (Fsp3) is 0.571. The quantitative estimate of drug-likeness (QED) is 0.812. The molecule has 3 rings (SSSR count). The molecule has 0 saturated carbocycles. The van der Waals surface area contributed by atoms with E-state index in [0.29, 0.717) is 18.4 Å². The van der Waals surface area contributed by atoms with Crippen LogP contribution in [0.25, 0.3) is 0 Å². The topological polar surface area (TPSA) is 29.5 Å². The van der Waals surface area contributed by atoms with Gasteiger partial charge in [-0.25, -0.2) is 4.39 Å². The van der Waals surface area contributed by atoms with Crippen molar-refractivity contribution < 1.29 is 14.2 Å². The monoisotopic (exact) mass is 236 g/mol. The van der Waals surface area contributed by atoms with E-state index < -0.39 is 5.60 Å². The molecule has 0 aliphatic carbocycles. The maximum Gasteiger partial charge on any atom is 0.129 e. The summed E-state index contributed by atoms with van der Waals surface area (Å²) in [5.41, 5.74) is 0.381. The van der Waals surface area contributed by atoms with E-state index in [1.165, 1.54) is 6.07 Å². The highest BCUT2D eigenvalue weighted by Crippen LogP contribution is 2.44. The number of ether oxygens (including phenoxy) is 1. The van der Waals surface area contributed by atoms with E-state index >= 15 is 0 Å². The number of halogens is 1. The molecule has 0 amide bonds. The highest BCUT2D eigenvalue weighted by Gasteiger charge is 2.45. The largest absolute Gasteiger partial charge is 0.385 e. The van der Waals surface area contributed by atoms with E-state index in [0.717, 1.165) is 18.4 Å². The molecule has 2 aliphatic rings. The third-order valence-electron chi connectivity index (χ3n) is 3.95. The Bertz CT molecular complexity index is 432. The van der Waals surface area contributed by atoms with E-state index in [4.69, 9.17) is 4.74 Å². The number of hydrogen-bond donors (Lipinski definition) is 1. The summed E-state index contributed by atoms with van der Waals surface area (Å²) < 4.78 is 19.6. The molecule has 17 heavy (non-hydrogen) atoms. The van der Waals surface area contributed by atoms with E-state index in [2.05, 4.69) is 0 Å². The molecule has 1 aromatic carbocycles. The summed E-state index contributed by atoms with van der Waals surface area (Å²) in [6.07, 6.45) is 3.20. The molecule has 2 atom stereocenters. The minimum Gasteiger partial charge on any atom is -0.385 e. The van der Waals surface area contributed by atoms with Crippen LogP contribution in [-0.2, 0) is 10.3 Å². The van der Waals surface area contributed by atoms with Gasteiger partial charge < -0.3 is 9.84 Å². The summed E-state index contributed by atoms with van der Waals surface area (Å²) in [6.45, 7) is 1.92. The van der Waals surface area contributed by atoms with Crippen LogP contribution in [0.1, 0.15) is 36.8 Å². The first-order valence-electron chi connectivity index (χ1n) is 6.21. The van der Waals surface area contributed by atoms with Gasteiger partial charge in [0.25, 0.3) is 0 Å². The van der Waals surface area contributed by atoms with E-state index in [9.17, 15) is 9.50 Å². The highest BCUT2D eigenvalue weighted by atomic mass is 19.1. The molecule has 2 unspecified atom stereocenters. The van der Waals surface area contributed by atoms with Crippen molar-refractivity contribution in [3.05, 3.63) is 35.1 Å². The van der Waals surface area contributed by atoms with E-state index in [-0.39, 0.29) is 18.0 Å². The lowest BCUT2D eigenvalue weighted by Crippen LogP contribution is -2.39. The maximum atomic E-state index is 13.9. The minimum absolute atomic E-state index is 0.0960. The highest BCUT2D eigenvalue weighted by molar-refractivity contribution is 5.30. The molecule has 2 aliphatic heterocycles. The van der Waals surface area contributed by atoms with Crippen molar-refractivity contribution in [3.63, 3.8) is 0 Å². The number of aliphatic hydroxyl groups is 1. The molecule has 2 fully saturated rings. The molecule has 3 heteroatoms. The van der Waals surface area contributed by atoms with Gasteiger partial charge in [-0.2, -0.15) is 0 Å². The van der Waals surface area contributed by atoms with E-state index in [1.807, 2.05) is 6.92 Å². The number of benzene rings is 1. The molecule has 92 valence electrons. The first kappa shape index (κ1) is 11.2. The fourth-order valence-corrected chi connectivity index (χ4v) is 3.13. The van der Waals surface area contributed by atoms with Crippen molar-refractivity contribution >= 4 is 0 Å². The van der Waals surface area contributed by atoms with Crippen molar-refractivity contribution in [2.75, 3.05) is 0 Å². The zero-order chi connectivity index (χ0) is 12.0. The van der Waals surface area contributed by atoms with Gasteiger partial charge in [0, 0.05) is 18.4 Å². The zero-order valence-electron chi connectivity index (χ0n) is 9.95. The van der Waals surface area contributed by atoms with Gasteiger partial charge in [-0.15, -0.1) is 0 Å². The summed E-state index contributed by atoms with van der Waals surface area (Å²) in [4.78, 5) is 0. The average molecular weight is 236 g/mol. The predicted octanol–water partition coefficient (Wildman–Crippen LogP) is 2.66. The Labute approximate surface area is 100 Å². The number of fused-ring (bicyclic) bond motifs is 2. The zero-order valence-corrected chi connectivity index (χ0v) is 9.95. The Morgan fingerprint density at radius 1 is 1.29 bits per heavy atom. The van der Waals surface area contributed by atoms with Crippen LogP contribution in [0.2, 0.25) is 0 Å². The van der Waals surface area contributed by atoms with Gasteiger partial charge in [-0.1, -0.05) is 17.7 Å². The van der Waals surface area contributed by atoms with Crippen molar-refractivity contribution in [2.45, 2.75) is 50.4 Å². The average Bonchev–Trinajstić information content (AvgIpc) is 2.62. The second-order valence-corrected chi connectivity index (χ2v) is 5.38. The third kappa shape index (κ3) is 1.87. The predicted molar refractivity (Wildman–Crippen MR) is 62.2 cm³/mol. The summed E-state index contributed by atoms with van der Waals surface area (Å²) in [5.74, 6) is -0.306. The molecular weight excluding hydrogens is 219 g/mol. The van der Waals surface area contributed by atoms with Crippen LogP contribution >= 0.6 is 0 Å². The van der Waals surface area contributed by atoms with Gasteiger partial charge in [-0.3, -0.25) is 0 Å². The van der Waals surface area contributed by atoms with Crippen LogP contribution in [0, 0.1) is 12.7 Å². The second kappa shape index (κ2) is 3.79. The van der Waals surface area contributed by atoms with Crippen molar-refractivity contribution in [1.82, 2.24) is 0 Å². The van der Waals surface area contributed by atoms with Crippen LogP contribution in [0.5, 0.6) is 0 Å². The van der Waals surface area contributed by atoms with Crippen molar-refractivity contribution in [2.24, 2.45) is 0 Å². The van der Waals surface area contributed by atoms with Gasteiger partial charge in [-0.05, 0) is 25.8 Å². The maximum absolute atomic E-state index is 13.9. The molecule has 2 bridgehead atoms. The molecule has 0 aromatic heterocycles. The lowest BCUT2D eigenvalue weighted by atomic mass is 9.82. The second-order valence-electron chi connectivity index (χ2n) is 5.38. The molecule has 1 aromatic rings. The van der Waals surface area contributed by atoms with Crippen LogP contribution < -0.4 is 0 Å². The summed E-state index contributed by atoms with van der Waals surface area (Å²) >= 11 is 0. The number of hydrogen-bond acceptors (Lipinski definition) is 2. The van der Waals surface area contributed by atoms with E-state index in [1.54, 1.807) is 12.1 Å². The molecular formula is C14H17FO2.